The SMILES string of the molecule is COc1c(N)cccc1C(=O)N(CCN(C)C)CC(C)C. The molecule has 5 heteroatoms. The van der Waals surface area contributed by atoms with Crippen LogP contribution >= 0.6 is 0 Å². The number of nitrogens with zero attached hydrogens (tertiary/aromatic N) is 2. The van der Waals surface area contributed by atoms with E-state index in [2.05, 4.69) is 18.7 Å². The Hall–Kier alpha value is -1.75. The fourth-order valence-electron chi connectivity index (χ4n) is 2.16. The summed E-state index contributed by atoms with van der Waals surface area (Å²) in [6.45, 7) is 6.43. The second-order valence-corrected chi connectivity index (χ2v) is 5.88. The molecule has 0 aromatic heterocycles. The maximum absolute atomic E-state index is 12.8. The molecule has 1 rings (SSSR count). The molecule has 1 amide bonds. The van der Waals surface area contributed by atoms with Crippen LogP contribution in [0, 0.1) is 5.92 Å². The molecule has 0 saturated heterocycles. The Morgan fingerprint density at radius 3 is 2.48 bits per heavy atom. The number of likely N-dealkylation sites (N-methyl/N-ethyl adjacent to an activating group) is 1. The molecular formula is C16H27N3O2. The van der Waals surface area contributed by atoms with E-state index < -0.39 is 0 Å². The summed E-state index contributed by atoms with van der Waals surface area (Å²) in [4.78, 5) is 16.7. The van der Waals surface area contributed by atoms with E-state index in [0.717, 1.165) is 6.54 Å². The molecule has 1 aromatic rings. The van der Waals surface area contributed by atoms with Gasteiger partial charge in [-0.15, -0.1) is 0 Å². The number of methoxy groups -OCH3 is 1. The molecule has 0 bridgehead atoms. The van der Waals surface area contributed by atoms with E-state index in [1.165, 1.54) is 7.11 Å². The summed E-state index contributed by atoms with van der Waals surface area (Å²) in [7, 11) is 5.54. The van der Waals surface area contributed by atoms with Gasteiger partial charge in [0.15, 0.2) is 5.75 Å². The summed E-state index contributed by atoms with van der Waals surface area (Å²) < 4.78 is 5.30. The van der Waals surface area contributed by atoms with Gasteiger partial charge >= 0.3 is 0 Å². The number of hydrogen-bond donors (Lipinski definition) is 1. The molecule has 0 spiro atoms. The van der Waals surface area contributed by atoms with Crippen molar-refractivity contribution in [2.75, 3.05) is 46.6 Å². The molecule has 0 fully saturated rings. The van der Waals surface area contributed by atoms with Crippen molar-refractivity contribution in [1.29, 1.82) is 0 Å². The van der Waals surface area contributed by atoms with E-state index in [-0.39, 0.29) is 5.91 Å². The minimum Gasteiger partial charge on any atom is -0.494 e. The second-order valence-electron chi connectivity index (χ2n) is 5.88. The van der Waals surface area contributed by atoms with Gasteiger partial charge in [-0.05, 0) is 32.1 Å². The first-order chi connectivity index (χ1) is 9.86. The van der Waals surface area contributed by atoms with Gasteiger partial charge in [-0.3, -0.25) is 4.79 Å². The minimum atomic E-state index is -0.0327. The third-order valence-electron chi connectivity index (χ3n) is 3.17. The van der Waals surface area contributed by atoms with Crippen LogP contribution in [0.15, 0.2) is 18.2 Å². The maximum Gasteiger partial charge on any atom is 0.257 e. The zero-order valence-electron chi connectivity index (χ0n) is 13.7. The molecule has 5 nitrogen and oxygen atoms in total. The predicted octanol–water partition coefficient (Wildman–Crippen LogP) is 1.94. The van der Waals surface area contributed by atoms with Crippen molar-refractivity contribution >= 4 is 11.6 Å². The summed E-state index contributed by atoms with van der Waals surface area (Å²) in [6, 6.07) is 5.29. The Bertz CT molecular complexity index is 473. The van der Waals surface area contributed by atoms with E-state index >= 15 is 0 Å². The zero-order valence-corrected chi connectivity index (χ0v) is 13.7. The third-order valence-corrected chi connectivity index (χ3v) is 3.17. The Morgan fingerprint density at radius 1 is 1.29 bits per heavy atom. The van der Waals surface area contributed by atoms with Crippen LogP contribution in [0.5, 0.6) is 5.75 Å². The molecular weight excluding hydrogens is 266 g/mol. The first-order valence-electron chi connectivity index (χ1n) is 7.23. The molecule has 118 valence electrons. The van der Waals surface area contributed by atoms with Crippen LogP contribution in [-0.2, 0) is 0 Å². The monoisotopic (exact) mass is 293 g/mol. The van der Waals surface area contributed by atoms with E-state index in [1.54, 1.807) is 18.2 Å². The molecule has 0 aliphatic carbocycles. The maximum atomic E-state index is 12.8. The summed E-state index contributed by atoms with van der Waals surface area (Å²) in [5.74, 6) is 0.832. The lowest BCUT2D eigenvalue weighted by Gasteiger charge is -2.27. The number of hydrogen-bond acceptors (Lipinski definition) is 4. The fraction of sp³-hybridized carbons (Fsp3) is 0.562. The number of benzene rings is 1. The Morgan fingerprint density at radius 2 is 1.95 bits per heavy atom. The smallest absolute Gasteiger partial charge is 0.257 e. The van der Waals surface area contributed by atoms with Gasteiger partial charge in [0.25, 0.3) is 5.91 Å². The lowest BCUT2D eigenvalue weighted by atomic mass is 10.1. The first kappa shape index (κ1) is 17.3. The van der Waals surface area contributed by atoms with Crippen molar-refractivity contribution in [2.24, 2.45) is 5.92 Å². The van der Waals surface area contributed by atoms with E-state index in [1.807, 2.05) is 19.0 Å². The highest BCUT2D eigenvalue weighted by atomic mass is 16.5. The number of rotatable bonds is 7. The quantitative estimate of drug-likeness (QED) is 0.781. The topological polar surface area (TPSA) is 58.8 Å². The summed E-state index contributed by atoms with van der Waals surface area (Å²) >= 11 is 0. The lowest BCUT2D eigenvalue weighted by molar-refractivity contribution is 0.0721. The van der Waals surface area contributed by atoms with Crippen molar-refractivity contribution in [3.63, 3.8) is 0 Å². The van der Waals surface area contributed by atoms with Gasteiger partial charge in [0, 0.05) is 19.6 Å². The molecule has 0 atom stereocenters. The normalized spacial score (nSPS) is 11.0. The molecule has 1 aromatic carbocycles. The van der Waals surface area contributed by atoms with E-state index in [4.69, 9.17) is 10.5 Å². The van der Waals surface area contributed by atoms with Crippen molar-refractivity contribution in [2.45, 2.75) is 13.8 Å². The molecule has 0 heterocycles. The largest absolute Gasteiger partial charge is 0.494 e. The van der Waals surface area contributed by atoms with Gasteiger partial charge in [-0.2, -0.15) is 0 Å². The standard InChI is InChI=1S/C16H27N3O2/c1-12(2)11-19(10-9-18(3)4)16(20)13-7-6-8-14(17)15(13)21-5/h6-8,12H,9-11,17H2,1-5H3. The number of carbonyl (C=O) groups excluding carboxylic acids is 1. The number of ether oxygens (including phenoxy) is 1. The number of carbonyl (C=O) groups is 1. The van der Waals surface area contributed by atoms with Crippen LogP contribution in [0.4, 0.5) is 5.69 Å². The number of anilines is 1. The predicted molar refractivity (Wildman–Crippen MR) is 86.7 cm³/mol. The average molecular weight is 293 g/mol. The Kier molecular flexibility index (Phi) is 6.49. The van der Waals surface area contributed by atoms with Gasteiger partial charge in [0.05, 0.1) is 18.4 Å². The van der Waals surface area contributed by atoms with Crippen LogP contribution in [-0.4, -0.2) is 56.5 Å². The molecule has 0 aliphatic rings. The second kappa shape index (κ2) is 7.88. The van der Waals surface area contributed by atoms with Crippen LogP contribution in [0.3, 0.4) is 0 Å². The number of nitrogens with two attached hydrogens (primary N) is 1. The molecule has 0 saturated carbocycles. The highest BCUT2D eigenvalue weighted by Crippen LogP contribution is 2.27. The number of nitrogen functional groups attached to an aromatic ring is 1. The minimum absolute atomic E-state index is 0.0327. The Balaban J connectivity index is 3.01. The zero-order chi connectivity index (χ0) is 16.0. The van der Waals surface area contributed by atoms with Gasteiger partial charge < -0.3 is 20.3 Å². The molecule has 0 aliphatic heterocycles. The summed E-state index contributed by atoms with van der Waals surface area (Å²) in [5.41, 5.74) is 6.90. The molecule has 0 radical (unpaired) electrons. The summed E-state index contributed by atoms with van der Waals surface area (Å²) in [6.07, 6.45) is 0. The number of para-hydroxylation sites is 1. The van der Waals surface area contributed by atoms with Gasteiger partial charge in [0.1, 0.15) is 0 Å². The van der Waals surface area contributed by atoms with E-state index in [0.29, 0.717) is 36.0 Å². The van der Waals surface area contributed by atoms with Crippen molar-refractivity contribution in [1.82, 2.24) is 9.80 Å². The Labute approximate surface area is 127 Å². The third kappa shape index (κ3) is 4.93. The van der Waals surface area contributed by atoms with Crippen LogP contribution in [0.2, 0.25) is 0 Å². The fourth-order valence-corrected chi connectivity index (χ4v) is 2.16. The van der Waals surface area contributed by atoms with Crippen molar-refractivity contribution in [3.8, 4) is 5.75 Å². The van der Waals surface area contributed by atoms with Crippen molar-refractivity contribution in [3.05, 3.63) is 23.8 Å². The van der Waals surface area contributed by atoms with Crippen molar-refractivity contribution < 1.29 is 9.53 Å². The van der Waals surface area contributed by atoms with Gasteiger partial charge in [0.2, 0.25) is 0 Å². The van der Waals surface area contributed by atoms with E-state index in [9.17, 15) is 4.79 Å². The average Bonchev–Trinajstić information content (AvgIpc) is 2.41. The molecule has 0 unspecified atom stereocenters. The summed E-state index contributed by atoms with van der Waals surface area (Å²) in [5, 5.41) is 0. The van der Waals surface area contributed by atoms with Crippen LogP contribution in [0.25, 0.3) is 0 Å². The molecule has 21 heavy (non-hydrogen) atoms. The number of amides is 1. The van der Waals surface area contributed by atoms with Crippen LogP contribution in [0.1, 0.15) is 24.2 Å². The first-order valence-corrected chi connectivity index (χ1v) is 7.23. The van der Waals surface area contributed by atoms with Gasteiger partial charge in [-0.25, -0.2) is 0 Å². The lowest BCUT2D eigenvalue weighted by Crippen LogP contribution is -2.39. The highest BCUT2D eigenvalue weighted by Gasteiger charge is 2.21. The molecule has 2 N–H and O–H groups in total. The highest BCUT2D eigenvalue weighted by molar-refractivity contribution is 5.98. The van der Waals surface area contributed by atoms with Gasteiger partial charge in [-0.1, -0.05) is 19.9 Å². The van der Waals surface area contributed by atoms with Crippen LogP contribution < -0.4 is 10.5 Å².